The van der Waals surface area contributed by atoms with Crippen LogP contribution in [0.5, 0.6) is 11.5 Å². The number of ether oxygens (including phenoxy) is 2. The zero-order valence-electron chi connectivity index (χ0n) is 8.90. The van der Waals surface area contributed by atoms with Gasteiger partial charge in [0.1, 0.15) is 11.5 Å². The van der Waals surface area contributed by atoms with Crippen molar-refractivity contribution in [3.8, 4) is 11.5 Å². The van der Waals surface area contributed by atoms with E-state index >= 15 is 0 Å². The monoisotopic (exact) mass is 288 g/mol. The Labute approximate surface area is 102 Å². The molecule has 0 bridgehead atoms. The largest absolute Gasteiger partial charge is 0.494 e. The van der Waals surface area contributed by atoms with Crippen LogP contribution in [0.25, 0.3) is 0 Å². The summed E-state index contributed by atoms with van der Waals surface area (Å²) in [5.74, 6) is 0.492. The van der Waals surface area contributed by atoms with Crippen LogP contribution in [-0.2, 0) is 4.79 Å². The fourth-order valence-corrected chi connectivity index (χ4v) is 1.58. The SMILES string of the molecule is CCOc1ccc(OCCC(=O)O)c(Br)c1. The number of carbonyl (C=O) groups is 1. The molecule has 1 rings (SSSR count). The van der Waals surface area contributed by atoms with Gasteiger partial charge in [0.05, 0.1) is 24.1 Å². The first kappa shape index (κ1) is 12.8. The minimum absolute atomic E-state index is 0.0142. The number of rotatable bonds is 6. The average Bonchev–Trinajstić information content (AvgIpc) is 2.21. The molecule has 16 heavy (non-hydrogen) atoms. The Kier molecular flexibility index (Phi) is 5.11. The number of hydrogen-bond acceptors (Lipinski definition) is 3. The topological polar surface area (TPSA) is 55.8 Å². The first-order valence-corrected chi connectivity index (χ1v) is 5.69. The third-order valence-corrected chi connectivity index (χ3v) is 2.41. The van der Waals surface area contributed by atoms with Gasteiger partial charge < -0.3 is 14.6 Å². The minimum Gasteiger partial charge on any atom is -0.494 e. The third-order valence-electron chi connectivity index (χ3n) is 1.79. The molecule has 0 saturated carbocycles. The molecule has 0 spiro atoms. The van der Waals surface area contributed by atoms with E-state index in [1.165, 1.54) is 0 Å². The smallest absolute Gasteiger partial charge is 0.306 e. The van der Waals surface area contributed by atoms with E-state index in [1.54, 1.807) is 18.2 Å². The second kappa shape index (κ2) is 6.37. The first-order valence-electron chi connectivity index (χ1n) is 4.90. The highest BCUT2D eigenvalue weighted by molar-refractivity contribution is 9.10. The second-order valence-corrected chi connectivity index (χ2v) is 3.87. The summed E-state index contributed by atoms with van der Waals surface area (Å²) in [7, 11) is 0. The molecule has 1 aromatic carbocycles. The molecule has 0 aliphatic heterocycles. The van der Waals surface area contributed by atoms with Crippen molar-refractivity contribution < 1.29 is 19.4 Å². The third kappa shape index (κ3) is 4.10. The maximum absolute atomic E-state index is 10.3. The van der Waals surface area contributed by atoms with E-state index in [1.807, 2.05) is 6.92 Å². The molecule has 0 unspecified atom stereocenters. The van der Waals surface area contributed by atoms with Crippen LogP contribution in [0.2, 0.25) is 0 Å². The second-order valence-electron chi connectivity index (χ2n) is 3.02. The van der Waals surface area contributed by atoms with Crippen LogP contribution in [0.1, 0.15) is 13.3 Å². The fourth-order valence-electron chi connectivity index (χ4n) is 1.10. The zero-order chi connectivity index (χ0) is 12.0. The molecule has 4 nitrogen and oxygen atoms in total. The molecular formula is C11H13BrO4. The van der Waals surface area contributed by atoms with Gasteiger partial charge in [-0.2, -0.15) is 0 Å². The highest BCUT2D eigenvalue weighted by Crippen LogP contribution is 2.29. The molecule has 0 fully saturated rings. The molecule has 0 amide bonds. The van der Waals surface area contributed by atoms with E-state index in [2.05, 4.69) is 15.9 Å². The lowest BCUT2D eigenvalue weighted by atomic mass is 10.3. The molecule has 0 heterocycles. The van der Waals surface area contributed by atoms with Gasteiger partial charge in [-0.3, -0.25) is 4.79 Å². The normalized spacial score (nSPS) is 9.88. The van der Waals surface area contributed by atoms with Crippen molar-refractivity contribution in [3.05, 3.63) is 22.7 Å². The summed E-state index contributed by atoms with van der Waals surface area (Å²) in [6, 6.07) is 5.32. The number of halogens is 1. The van der Waals surface area contributed by atoms with Gasteiger partial charge in [0.25, 0.3) is 0 Å². The Morgan fingerprint density at radius 2 is 2.19 bits per heavy atom. The summed E-state index contributed by atoms with van der Waals surface area (Å²) >= 11 is 3.33. The van der Waals surface area contributed by atoms with Gasteiger partial charge in [-0.05, 0) is 41.1 Å². The van der Waals surface area contributed by atoms with Crippen molar-refractivity contribution in [1.82, 2.24) is 0 Å². The molecule has 0 atom stereocenters. The average molecular weight is 289 g/mol. The van der Waals surface area contributed by atoms with Gasteiger partial charge >= 0.3 is 5.97 Å². The molecule has 0 aliphatic carbocycles. The predicted molar refractivity (Wildman–Crippen MR) is 63.1 cm³/mol. The molecular weight excluding hydrogens is 276 g/mol. The van der Waals surface area contributed by atoms with Crippen molar-refractivity contribution in [1.29, 1.82) is 0 Å². The summed E-state index contributed by atoms with van der Waals surface area (Å²) < 4.78 is 11.4. The summed E-state index contributed by atoms with van der Waals surface area (Å²) in [5.41, 5.74) is 0. The molecule has 0 aromatic heterocycles. The molecule has 1 aromatic rings. The number of aliphatic carboxylic acids is 1. The van der Waals surface area contributed by atoms with Gasteiger partial charge in [-0.1, -0.05) is 0 Å². The molecule has 0 radical (unpaired) electrons. The maximum atomic E-state index is 10.3. The number of benzene rings is 1. The van der Waals surface area contributed by atoms with Crippen LogP contribution in [0.15, 0.2) is 22.7 Å². The van der Waals surface area contributed by atoms with Crippen molar-refractivity contribution in [2.24, 2.45) is 0 Å². The molecule has 0 saturated heterocycles. The lowest BCUT2D eigenvalue weighted by Crippen LogP contribution is -2.05. The maximum Gasteiger partial charge on any atom is 0.306 e. The van der Waals surface area contributed by atoms with E-state index in [0.29, 0.717) is 12.4 Å². The van der Waals surface area contributed by atoms with Gasteiger partial charge in [-0.25, -0.2) is 0 Å². The lowest BCUT2D eigenvalue weighted by Gasteiger charge is -2.09. The van der Waals surface area contributed by atoms with Crippen molar-refractivity contribution >= 4 is 21.9 Å². The Morgan fingerprint density at radius 1 is 1.44 bits per heavy atom. The van der Waals surface area contributed by atoms with Gasteiger partial charge in [0, 0.05) is 0 Å². The van der Waals surface area contributed by atoms with Crippen LogP contribution in [0.4, 0.5) is 0 Å². The van der Waals surface area contributed by atoms with Gasteiger partial charge in [-0.15, -0.1) is 0 Å². The molecule has 88 valence electrons. The first-order chi connectivity index (χ1) is 7.63. The van der Waals surface area contributed by atoms with E-state index in [4.69, 9.17) is 14.6 Å². The molecule has 1 N–H and O–H groups in total. The van der Waals surface area contributed by atoms with Gasteiger partial charge in [0.15, 0.2) is 0 Å². The summed E-state index contributed by atoms with van der Waals surface area (Å²) in [6.07, 6.45) is -0.0142. The Hall–Kier alpha value is -1.23. The van der Waals surface area contributed by atoms with E-state index < -0.39 is 5.97 Å². The van der Waals surface area contributed by atoms with E-state index in [9.17, 15) is 4.79 Å². The number of hydrogen-bond donors (Lipinski definition) is 1. The minimum atomic E-state index is -0.873. The Bertz CT molecular complexity index is 365. The highest BCUT2D eigenvalue weighted by Gasteiger charge is 2.04. The van der Waals surface area contributed by atoms with Gasteiger partial charge in [0.2, 0.25) is 0 Å². The van der Waals surface area contributed by atoms with E-state index in [-0.39, 0.29) is 13.0 Å². The van der Waals surface area contributed by atoms with Crippen molar-refractivity contribution in [3.63, 3.8) is 0 Å². The quantitative estimate of drug-likeness (QED) is 0.874. The van der Waals surface area contributed by atoms with Crippen LogP contribution < -0.4 is 9.47 Å². The number of carboxylic acids is 1. The summed E-state index contributed by atoms with van der Waals surface area (Å²) in [4.78, 5) is 10.3. The van der Waals surface area contributed by atoms with Crippen LogP contribution in [0, 0.1) is 0 Å². The van der Waals surface area contributed by atoms with Crippen LogP contribution >= 0.6 is 15.9 Å². The summed E-state index contributed by atoms with van der Waals surface area (Å²) in [5, 5.41) is 8.46. The van der Waals surface area contributed by atoms with Crippen molar-refractivity contribution in [2.45, 2.75) is 13.3 Å². The van der Waals surface area contributed by atoms with Crippen molar-refractivity contribution in [2.75, 3.05) is 13.2 Å². The standard InChI is InChI=1S/C11H13BrO4/c1-2-15-8-3-4-10(9(12)7-8)16-6-5-11(13)14/h3-4,7H,2,5-6H2,1H3,(H,13,14). The highest BCUT2D eigenvalue weighted by atomic mass is 79.9. The Morgan fingerprint density at radius 3 is 2.75 bits per heavy atom. The zero-order valence-corrected chi connectivity index (χ0v) is 10.5. The number of carboxylic acid groups (broad SMARTS) is 1. The Balaban J connectivity index is 2.57. The van der Waals surface area contributed by atoms with Crippen LogP contribution in [0.3, 0.4) is 0 Å². The molecule has 5 heteroatoms. The summed E-state index contributed by atoms with van der Waals surface area (Å²) in [6.45, 7) is 2.67. The fraction of sp³-hybridized carbons (Fsp3) is 0.364. The predicted octanol–water partition coefficient (Wildman–Crippen LogP) is 2.70. The van der Waals surface area contributed by atoms with Crippen LogP contribution in [-0.4, -0.2) is 24.3 Å². The lowest BCUT2D eigenvalue weighted by molar-refractivity contribution is -0.137. The molecule has 0 aliphatic rings. The van der Waals surface area contributed by atoms with E-state index in [0.717, 1.165) is 10.2 Å².